The van der Waals surface area contributed by atoms with Gasteiger partial charge in [-0.15, -0.1) is 0 Å². The smallest absolute Gasteiger partial charge is 0.134 e. The Morgan fingerprint density at radius 2 is 1.83 bits per heavy atom. The normalized spacial score (nSPS) is 55.7. The Labute approximate surface area is 146 Å². The second kappa shape index (κ2) is 5.49. The van der Waals surface area contributed by atoms with Crippen molar-refractivity contribution in [1.82, 2.24) is 0 Å². The van der Waals surface area contributed by atoms with E-state index in [1.165, 1.54) is 32.1 Å². The third-order valence-corrected chi connectivity index (χ3v) is 9.46. The van der Waals surface area contributed by atoms with Gasteiger partial charge in [-0.05, 0) is 93.8 Å². The Hall–Kier alpha value is -0.0200. The minimum atomic E-state index is -0.0641. The number of fused-ring (bicyclic) bond motifs is 5. The number of hydrogen-bond acceptors (Lipinski definition) is 3. The van der Waals surface area contributed by atoms with Crippen LogP contribution in [-0.4, -0.2) is 21.7 Å². The van der Waals surface area contributed by atoms with Crippen molar-refractivity contribution in [2.24, 2.45) is 35.0 Å². The fourth-order valence-electron chi connectivity index (χ4n) is 7.43. The molecule has 0 aromatic heterocycles. The number of aliphatic hydroxyl groups excluding tert-OH is 1. The van der Waals surface area contributed by atoms with E-state index < -0.39 is 0 Å². The van der Waals surface area contributed by atoms with E-state index in [9.17, 15) is 9.90 Å². The Morgan fingerprint density at radius 1 is 1.04 bits per heavy atom. The molecule has 2 nitrogen and oxygen atoms in total. The minimum absolute atomic E-state index is 0.0234. The molecule has 3 heteroatoms. The van der Waals surface area contributed by atoms with Gasteiger partial charge in [-0.3, -0.25) is 4.79 Å². The molecule has 0 radical (unpaired) electrons. The summed E-state index contributed by atoms with van der Waals surface area (Å²) in [6.45, 7) is 4.29. The first-order valence-electron chi connectivity index (χ1n) is 9.77. The molecule has 7 unspecified atom stereocenters. The molecule has 4 aliphatic rings. The number of rotatable bonds is 1. The molecule has 1 N–H and O–H groups in total. The van der Waals surface area contributed by atoms with Gasteiger partial charge in [-0.25, -0.2) is 0 Å². The fraction of sp³-hybridized carbons (Fsp3) is 0.950. The van der Waals surface area contributed by atoms with Gasteiger partial charge in [0.1, 0.15) is 5.78 Å². The van der Waals surface area contributed by atoms with Crippen LogP contribution < -0.4 is 0 Å². The first-order valence-corrected chi connectivity index (χ1v) is 10.2. The number of ketones is 1. The predicted octanol–water partition coefficient (Wildman–Crippen LogP) is 4.26. The predicted molar refractivity (Wildman–Crippen MR) is 95.5 cm³/mol. The number of Topliss-reactive ketones (excluding diaryl/α,β-unsaturated/α-hetero) is 1. The second-order valence-corrected chi connectivity index (χ2v) is 10.2. The van der Waals surface area contributed by atoms with Gasteiger partial charge in [-0.2, -0.15) is 12.6 Å². The molecule has 0 aromatic carbocycles. The summed E-state index contributed by atoms with van der Waals surface area (Å²) in [5.41, 5.74) is 0.422. The summed E-state index contributed by atoms with van der Waals surface area (Å²) in [4.78, 5) is 12.1. The third-order valence-electron chi connectivity index (χ3n) is 8.59. The molecule has 8 atom stereocenters. The number of carbonyl (C=O) groups is 1. The summed E-state index contributed by atoms with van der Waals surface area (Å²) >= 11 is 5.16. The quantitative estimate of drug-likeness (QED) is 0.702. The van der Waals surface area contributed by atoms with Gasteiger partial charge >= 0.3 is 0 Å². The zero-order valence-corrected chi connectivity index (χ0v) is 15.5. The Bertz CT molecular complexity index is 506. The molecule has 130 valence electrons. The van der Waals surface area contributed by atoms with Crippen LogP contribution in [0.1, 0.15) is 71.6 Å². The minimum Gasteiger partial charge on any atom is -0.393 e. The second-order valence-electron chi connectivity index (χ2n) is 9.36. The molecule has 4 saturated carbocycles. The molecule has 0 heterocycles. The Kier molecular flexibility index (Phi) is 3.93. The largest absolute Gasteiger partial charge is 0.393 e. The van der Waals surface area contributed by atoms with Crippen LogP contribution in [0.5, 0.6) is 0 Å². The lowest BCUT2D eigenvalue weighted by Gasteiger charge is -2.60. The molecule has 4 aliphatic carbocycles. The summed E-state index contributed by atoms with van der Waals surface area (Å²) in [6.07, 6.45) is 10.4. The number of aliphatic hydroxyl groups is 1. The summed E-state index contributed by atoms with van der Waals surface area (Å²) in [5.74, 6) is 3.47. The van der Waals surface area contributed by atoms with Gasteiger partial charge in [0.25, 0.3) is 0 Å². The number of carbonyl (C=O) groups excluding carboxylic acids is 1. The first-order chi connectivity index (χ1) is 10.9. The number of hydrogen-bond donors (Lipinski definition) is 2. The molecule has 0 aliphatic heterocycles. The van der Waals surface area contributed by atoms with Crippen LogP contribution >= 0.6 is 12.6 Å². The summed E-state index contributed by atoms with van der Waals surface area (Å²) in [6, 6.07) is 0. The van der Waals surface area contributed by atoms with E-state index in [0.717, 1.165) is 37.5 Å². The van der Waals surface area contributed by atoms with Gasteiger partial charge in [-0.1, -0.05) is 6.92 Å². The first kappa shape index (κ1) is 16.4. The SMILES string of the molecule is CC(=O)C1CCC2C3CCC4C[C@@H](O)CCC4(C)C3CCC12S. The molecule has 0 aromatic rings. The van der Waals surface area contributed by atoms with Gasteiger partial charge < -0.3 is 5.11 Å². The van der Waals surface area contributed by atoms with E-state index in [0.29, 0.717) is 23.0 Å². The zero-order chi connectivity index (χ0) is 16.4. The van der Waals surface area contributed by atoms with Crippen LogP contribution in [0.2, 0.25) is 0 Å². The summed E-state index contributed by atoms with van der Waals surface area (Å²) in [5, 5.41) is 10.1. The molecule has 0 amide bonds. The highest BCUT2D eigenvalue weighted by molar-refractivity contribution is 7.81. The van der Waals surface area contributed by atoms with Crippen molar-refractivity contribution >= 4 is 18.4 Å². The van der Waals surface area contributed by atoms with Gasteiger partial charge in [0.15, 0.2) is 0 Å². The van der Waals surface area contributed by atoms with Gasteiger partial charge in [0, 0.05) is 10.7 Å². The molecule has 0 spiro atoms. The monoisotopic (exact) mass is 336 g/mol. The average molecular weight is 337 g/mol. The highest BCUT2D eigenvalue weighted by atomic mass is 32.1. The molecule has 4 rings (SSSR count). The summed E-state index contributed by atoms with van der Waals surface area (Å²) < 4.78 is -0.0234. The lowest BCUT2D eigenvalue weighted by Crippen LogP contribution is -2.55. The standard InChI is InChI=1S/C20H32O2S/c1-12(21)16-5-6-18-15-4-3-13-11-14(22)7-9-19(13,2)17(15)8-10-20(16,18)23/h13-18,22-23H,3-11H2,1-2H3/t13?,14-,15?,16?,17?,18?,19?,20?/m0/s1. The highest BCUT2D eigenvalue weighted by Gasteiger charge is 2.61. The topological polar surface area (TPSA) is 37.3 Å². The van der Waals surface area contributed by atoms with Crippen molar-refractivity contribution in [1.29, 1.82) is 0 Å². The van der Waals surface area contributed by atoms with Crippen LogP contribution in [-0.2, 0) is 4.79 Å². The maximum atomic E-state index is 12.1. The van der Waals surface area contributed by atoms with Crippen molar-refractivity contribution < 1.29 is 9.90 Å². The van der Waals surface area contributed by atoms with E-state index in [1.807, 2.05) is 0 Å². The van der Waals surface area contributed by atoms with Crippen LogP contribution in [0.25, 0.3) is 0 Å². The highest BCUT2D eigenvalue weighted by Crippen LogP contribution is 2.66. The van der Waals surface area contributed by atoms with Crippen molar-refractivity contribution in [3.63, 3.8) is 0 Å². The van der Waals surface area contributed by atoms with E-state index in [4.69, 9.17) is 12.6 Å². The van der Waals surface area contributed by atoms with E-state index in [2.05, 4.69) is 6.92 Å². The van der Waals surface area contributed by atoms with E-state index in [1.54, 1.807) is 6.92 Å². The van der Waals surface area contributed by atoms with Crippen LogP contribution in [0.4, 0.5) is 0 Å². The van der Waals surface area contributed by atoms with E-state index in [-0.39, 0.29) is 16.8 Å². The van der Waals surface area contributed by atoms with Crippen LogP contribution in [0.3, 0.4) is 0 Å². The molecule has 23 heavy (non-hydrogen) atoms. The van der Waals surface area contributed by atoms with Crippen molar-refractivity contribution in [3.05, 3.63) is 0 Å². The molecule has 4 fully saturated rings. The fourth-order valence-corrected chi connectivity index (χ4v) is 8.19. The van der Waals surface area contributed by atoms with Crippen LogP contribution in [0, 0.1) is 35.0 Å². The Morgan fingerprint density at radius 3 is 2.57 bits per heavy atom. The van der Waals surface area contributed by atoms with Crippen LogP contribution in [0.15, 0.2) is 0 Å². The average Bonchev–Trinajstić information content (AvgIpc) is 2.85. The lowest BCUT2D eigenvalue weighted by molar-refractivity contribution is -0.124. The third kappa shape index (κ3) is 2.28. The summed E-state index contributed by atoms with van der Waals surface area (Å²) in [7, 11) is 0. The van der Waals surface area contributed by atoms with E-state index >= 15 is 0 Å². The molecule has 0 bridgehead atoms. The lowest BCUT2D eigenvalue weighted by atomic mass is 9.46. The zero-order valence-electron chi connectivity index (χ0n) is 14.6. The molecular weight excluding hydrogens is 304 g/mol. The Balaban J connectivity index is 1.61. The maximum absolute atomic E-state index is 12.1. The van der Waals surface area contributed by atoms with Crippen molar-refractivity contribution in [2.75, 3.05) is 0 Å². The van der Waals surface area contributed by atoms with Gasteiger partial charge in [0.05, 0.1) is 6.10 Å². The number of thiol groups is 1. The van der Waals surface area contributed by atoms with Crippen molar-refractivity contribution in [3.8, 4) is 0 Å². The maximum Gasteiger partial charge on any atom is 0.134 e. The van der Waals surface area contributed by atoms with Gasteiger partial charge in [0.2, 0.25) is 0 Å². The molecular formula is C20H32O2S. The van der Waals surface area contributed by atoms with Crippen molar-refractivity contribution in [2.45, 2.75) is 82.5 Å². The molecule has 0 saturated heterocycles.